The van der Waals surface area contributed by atoms with E-state index < -0.39 is 11.1 Å². The topological polar surface area (TPSA) is 75.2 Å². The number of anilines is 2. The van der Waals surface area contributed by atoms with Crippen LogP contribution < -0.4 is 16.0 Å². The molecule has 0 amide bonds. The van der Waals surface area contributed by atoms with Crippen molar-refractivity contribution in [3.05, 3.63) is 47.5 Å². The standard InChI is InChI=1S/C23H29N3O2/c1-15-12-26(15)21-11-17(14-28)7-9-19(21)18-8-6-16(13-27)10-20(18)25-23(4,5)22(2,3)24/h6-11,13-15,25H,12,24H2,1-5H3. The van der Waals surface area contributed by atoms with Crippen molar-refractivity contribution in [2.45, 2.75) is 51.7 Å². The van der Waals surface area contributed by atoms with Crippen LogP contribution in [0.15, 0.2) is 36.4 Å². The van der Waals surface area contributed by atoms with E-state index in [4.69, 9.17) is 5.73 Å². The number of hydrogen-bond acceptors (Lipinski definition) is 5. The van der Waals surface area contributed by atoms with Crippen molar-refractivity contribution in [2.24, 2.45) is 5.73 Å². The lowest BCUT2D eigenvalue weighted by atomic mass is 9.83. The van der Waals surface area contributed by atoms with Crippen LogP contribution in [0.4, 0.5) is 11.4 Å². The molecule has 5 nitrogen and oxygen atoms in total. The summed E-state index contributed by atoms with van der Waals surface area (Å²) >= 11 is 0. The highest BCUT2D eigenvalue weighted by Gasteiger charge is 2.35. The van der Waals surface area contributed by atoms with Crippen molar-refractivity contribution in [1.29, 1.82) is 0 Å². The second-order valence-electron chi connectivity index (χ2n) is 8.79. The SMILES string of the molecule is CC1CN1c1cc(C=O)ccc1-c1ccc(C=O)cc1NC(C)(C)C(C)(C)N. The van der Waals surface area contributed by atoms with Crippen LogP contribution in [-0.2, 0) is 0 Å². The summed E-state index contributed by atoms with van der Waals surface area (Å²) < 4.78 is 0. The number of carbonyl (C=O) groups is 2. The van der Waals surface area contributed by atoms with Gasteiger partial charge in [-0.25, -0.2) is 0 Å². The zero-order valence-corrected chi connectivity index (χ0v) is 17.2. The van der Waals surface area contributed by atoms with E-state index in [1.165, 1.54) is 0 Å². The Bertz CT molecular complexity index is 913. The predicted molar refractivity (Wildman–Crippen MR) is 115 cm³/mol. The summed E-state index contributed by atoms with van der Waals surface area (Å²) in [6.45, 7) is 11.2. The molecule has 3 rings (SSSR count). The minimum Gasteiger partial charge on any atom is -0.378 e. The summed E-state index contributed by atoms with van der Waals surface area (Å²) in [6.07, 6.45) is 1.72. The second kappa shape index (κ2) is 7.06. The van der Waals surface area contributed by atoms with Gasteiger partial charge in [-0.2, -0.15) is 0 Å². The largest absolute Gasteiger partial charge is 0.378 e. The van der Waals surface area contributed by atoms with Gasteiger partial charge in [0.15, 0.2) is 0 Å². The van der Waals surface area contributed by atoms with E-state index in [0.717, 1.165) is 41.6 Å². The van der Waals surface area contributed by atoms with E-state index in [0.29, 0.717) is 17.2 Å². The zero-order valence-electron chi connectivity index (χ0n) is 17.2. The molecule has 0 spiro atoms. The first-order valence-corrected chi connectivity index (χ1v) is 9.60. The van der Waals surface area contributed by atoms with E-state index in [2.05, 4.69) is 17.1 Å². The lowest BCUT2D eigenvalue weighted by Crippen LogP contribution is -2.57. The van der Waals surface area contributed by atoms with E-state index in [-0.39, 0.29) is 0 Å². The Labute approximate surface area is 166 Å². The Morgan fingerprint density at radius 2 is 1.54 bits per heavy atom. The first-order chi connectivity index (χ1) is 13.1. The van der Waals surface area contributed by atoms with Gasteiger partial charge in [-0.3, -0.25) is 9.59 Å². The highest BCUT2D eigenvalue weighted by molar-refractivity contribution is 5.93. The molecule has 2 aromatic carbocycles. The van der Waals surface area contributed by atoms with Crippen molar-refractivity contribution in [3.8, 4) is 11.1 Å². The maximum atomic E-state index is 11.4. The van der Waals surface area contributed by atoms with Crippen LogP contribution in [0.2, 0.25) is 0 Å². The highest BCUT2D eigenvalue weighted by atomic mass is 16.1. The van der Waals surface area contributed by atoms with Gasteiger partial charge < -0.3 is 16.0 Å². The lowest BCUT2D eigenvalue weighted by molar-refractivity contribution is 0.111. The summed E-state index contributed by atoms with van der Waals surface area (Å²) in [5.41, 5.74) is 10.6. The molecule has 0 aliphatic carbocycles. The molecule has 0 aromatic heterocycles. The third-order valence-electron chi connectivity index (χ3n) is 5.85. The van der Waals surface area contributed by atoms with Gasteiger partial charge in [0.2, 0.25) is 0 Å². The van der Waals surface area contributed by atoms with Crippen LogP contribution in [0.3, 0.4) is 0 Å². The summed E-state index contributed by atoms with van der Waals surface area (Å²) in [5.74, 6) is 0. The predicted octanol–water partition coefficient (Wildman–Crippen LogP) is 4.11. The van der Waals surface area contributed by atoms with Crippen molar-refractivity contribution >= 4 is 23.9 Å². The van der Waals surface area contributed by atoms with Gasteiger partial charge >= 0.3 is 0 Å². The highest BCUT2D eigenvalue weighted by Crippen LogP contribution is 2.41. The minimum atomic E-state index is -0.486. The molecule has 2 aromatic rings. The normalized spacial score (nSPS) is 16.6. The van der Waals surface area contributed by atoms with E-state index in [1.54, 1.807) is 0 Å². The molecule has 1 aliphatic heterocycles. The summed E-state index contributed by atoms with van der Waals surface area (Å²) in [7, 11) is 0. The van der Waals surface area contributed by atoms with Crippen molar-refractivity contribution < 1.29 is 9.59 Å². The fourth-order valence-corrected chi connectivity index (χ4v) is 3.13. The number of hydrogen-bond donors (Lipinski definition) is 2. The van der Waals surface area contributed by atoms with Gasteiger partial charge in [0.1, 0.15) is 12.6 Å². The Hall–Kier alpha value is -2.66. The van der Waals surface area contributed by atoms with Crippen molar-refractivity contribution in [3.63, 3.8) is 0 Å². The summed E-state index contributed by atoms with van der Waals surface area (Å²) in [4.78, 5) is 24.9. The molecule has 0 radical (unpaired) electrons. The Balaban J connectivity index is 2.15. The molecule has 1 aliphatic rings. The van der Waals surface area contributed by atoms with Crippen LogP contribution in [0.5, 0.6) is 0 Å². The molecule has 1 saturated heterocycles. The number of nitrogens with zero attached hydrogens (tertiary/aromatic N) is 1. The molecule has 0 saturated carbocycles. The van der Waals surface area contributed by atoms with Crippen LogP contribution in [0, 0.1) is 0 Å². The molecule has 3 N–H and O–H groups in total. The molecule has 0 bridgehead atoms. The van der Waals surface area contributed by atoms with Crippen LogP contribution in [-0.4, -0.2) is 36.2 Å². The Kier molecular flexibility index (Phi) is 5.06. The second-order valence-corrected chi connectivity index (χ2v) is 8.79. The first-order valence-electron chi connectivity index (χ1n) is 9.60. The number of nitrogens with one attached hydrogen (secondary N) is 1. The fourth-order valence-electron chi connectivity index (χ4n) is 3.13. The van der Waals surface area contributed by atoms with Crippen molar-refractivity contribution in [2.75, 3.05) is 16.8 Å². The number of rotatable bonds is 7. The zero-order chi connectivity index (χ0) is 20.7. The van der Waals surface area contributed by atoms with Crippen LogP contribution in [0.1, 0.15) is 55.3 Å². The van der Waals surface area contributed by atoms with Gasteiger partial charge in [-0.15, -0.1) is 0 Å². The third-order valence-corrected chi connectivity index (χ3v) is 5.85. The molecule has 1 fully saturated rings. The van der Waals surface area contributed by atoms with Gasteiger partial charge in [-0.1, -0.05) is 24.3 Å². The molecule has 28 heavy (non-hydrogen) atoms. The molecule has 5 heteroatoms. The Morgan fingerprint density at radius 3 is 2.04 bits per heavy atom. The number of nitrogens with two attached hydrogens (primary N) is 1. The number of benzene rings is 2. The van der Waals surface area contributed by atoms with E-state index >= 15 is 0 Å². The number of carbonyl (C=O) groups excluding carboxylic acids is 2. The van der Waals surface area contributed by atoms with Crippen molar-refractivity contribution in [1.82, 2.24) is 0 Å². The van der Waals surface area contributed by atoms with Crippen LogP contribution >= 0.6 is 0 Å². The van der Waals surface area contributed by atoms with Gasteiger partial charge in [0.05, 0.1) is 0 Å². The summed E-state index contributed by atoms with van der Waals surface area (Å²) in [6, 6.07) is 11.8. The minimum absolute atomic E-state index is 0.417. The average Bonchev–Trinajstić information content (AvgIpc) is 3.36. The Morgan fingerprint density at radius 1 is 1.00 bits per heavy atom. The quantitative estimate of drug-likeness (QED) is 0.559. The van der Waals surface area contributed by atoms with Crippen LogP contribution in [0.25, 0.3) is 11.1 Å². The average molecular weight is 380 g/mol. The third kappa shape index (κ3) is 3.80. The lowest BCUT2D eigenvalue weighted by Gasteiger charge is -2.40. The molecular formula is C23H29N3O2. The molecule has 1 unspecified atom stereocenters. The van der Waals surface area contributed by atoms with E-state index in [1.807, 2.05) is 64.1 Å². The van der Waals surface area contributed by atoms with E-state index in [9.17, 15) is 9.59 Å². The fraction of sp³-hybridized carbons (Fsp3) is 0.391. The molecule has 1 heterocycles. The molecule has 1 atom stereocenters. The molecule has 148 valence electrons. The maximum absolute atomic E-state index is 11.4. The smallest absolute Gasteiger partial charge is 0.150 e. The van der Waals surface area contributed by atoms with Gasteiger partial charge in [-0.05, 0) is 46.8 Å². The monoisotopic (exact) mass is 379 g/mol. The number of aldehydes is 2. The van der Waals surface area contributed by atoms with Gasteiger partial charge in [0.25, 0.3) is 0 Å². The van der Waals surface area contributed by atoms with Gasteiger partial charge in [0, 0.05) is 57.3 Å². The summed E-state index contributed by atoms with van der Waals surface area (Å²) in [5, 5.41) is 3.55. The molecular weight excluding hydrogens is 350 g/mol. The maximum Gasteiger partial charge on any atom is 0.150 e. The first kappa shape index (κ1) is 20.1.